The first-order valence-corrected chi connectivity index (χ1v) is 6.24. The zero-order valence-electron chi connectivity index (χ0n) is 10.4. The second-order valence-corrected chi connectivity index (χ2v) is 4.65. The zero-order chi connectivity index (χ0) is 13.0. The highest BCUT2D eigenvalue weighted by atomic mass is 16.1. The lowest BCUT2D eigenvalue weighted by atomic mass is 9.93. The van der Waals surface area contributed by atoms with Crippen molar-refractivity contribution in [2.75, 3.05) is 18.0 Å². The number of rotatable bonds is 4. The Morgan fingerprint density at radius 2 is 2.17 bits per heavy atom. The average Bonchev–Trinajstić information content (AvgIpc) is 2.39. The number of anilines is 1. The van der Waals surface area contributed by atoms with Gasteiger partial charge in [0.15, 0.2) is 0 Å². The van der Waals surface area contributed by atoms with Crippen LogP contribution in [0.1, 0.15) is 25.0 Å². The number of hydrogen-bond donors (Lipinski definition) is 2. The minimum atomic E-state index is -0.213. The van der Waals surface area contributed by atoms with E-state index in [4.69, 9.17) is 11.5 Å². The van der Waals surface area contributed by atoms with E-state index in [1.54, 1.807) is 6.20 Å². The molecule has 0 saturated carbocycles. The van der Waals surface area contributed by atoms with E-state index in [9.17, 15) is 4.79 Å². The Hall–Kier alpha value is -1.69. The van der Waals surface area contributed by atoms with Gasteiger partial charge in [-0.15, -0.1) is 0 Å². The van der Waals surface area contributed by atoms with E-state index < -0.39 is 0 Å². The fourth-order valence-corrected chi connectivity index (χ4v) is 2.27. The lowest BCUT2D eigenvalue weighted by molar-refractivity contribution is -0.119. The fourth-order valence-electron chi connectivity index (χ4n) is 2.27. The lowest BCUT2D eigenvalue weighted by Gasteiger charge is -2.31. The van der Waals surface area contributed by atoms with Crippen molar-refractivity contribution in [3.63, 3.8) is 0 Å². The largest absolute Gasteiger partial charge is 0.370 e. The average molecular weight is 249 g/mol. The first kappa shape index (κ1) is 12.8. The smallest absolute Gasteiger partial charge is 0.225 e. The van der Waals surface area contributed by atoms with E-state index in [1.807, 2.05) is 6.07 Å². The number of amides is 1. The molecule has 1 aliphatic heterocycles. The van der Waals surface area contributed by atoms with E-state index in [0.29, 0.717) is 18.9 Å². The SMILES string of the molecule is NCc1ccnc(N2CCC(CC(N)=O)CC2)n1. The van der Waals surface area contributed by atoms with Crippen molar-refractivity contribution in [3.05, 3.63) is 18.0 Å². The van der Waals surface area contributed by atoms with Gasteiger partial charge in [-0.25, -0.2) is 9.97 Å². The molecular weight excluding hydrogens is 230 g/mol. The van der Waals surface area contributed by atoms with Gasteiger partial charge in [0.25, 0.3) is 0 Å². The van der Waals surface area contributed by atoms with Gasteiger partial charge in [-0.3, -0.25) is 4.79 Å². The van der Waals surface area contributed by atoms with Crippen LogP contribution >= 0.6 is 0 Å². The Morgan fingerprint density at radius 3 is 2.78 bits per heavy atom. The molecule has 4 N–H and O–H groups in total. The summed E-state index contributed by atoms with van der Waals surface area (Å²) in [5, 5.41) is 0. The molecule has 1 aliphatic rings. The summed E-state index contributed by atoms with van der Waals surface area (Å²) in [4.78, 5) is 21.7. The number of nitrogens with two attached hydrogens (primary N) is 2. The summed E-state index contributed by atoms with van der Waals surface area (Å²) in [6.07, 6.45) is 4.13. The molecule has 1 amide bonds. The summed E-state index contributed by atoms with van der Waals surface area (Å²) < 4.78 is 0. The van der Waals surface area contributed by atoms with Gasteiger partial charge in [0.2, 0.25) is 11.9 Å². The monoisotopic (exact) mass is 249 g/mol. The molecule has 1 aromatic heterocycles. The first-order valence-electron chi connectivity index (χ1n) is 6.24. The molecule has 6 nitrogen and oxygen atoms in total. The molecule has 0 spiro atoms. The number of hydrogen-bond acceptors (Lipinski definition) is 5. The highest BCUT2D eigenvalue weighted by Gasteiger charge is 2.22. The molecule has 6 heteroatoms. The van der Waals surface area contributed by atoms with Crippen LogP contribution in [0.2, 0.25) is 0 Å². The van der Waals surface area contributed by atoms with E-state index in [0.717, 1.165) is 37.6 Å². The van der Waals surface area contributed by atoms with Crippen LogP contribution < -0.4 is 16.4 Å². The van der Waals surface area contributed by atoms with E-state index in [-0.39, 0.29) is 5.91 Å². The Labute approximate surface area is 106 Å². The first-order chi connectivity index (χ1) is 8.69. The Morgan fingerprint density at radius 1 is 1.44 bits per heavy atom. The molecule has 0 unspecified atom stereocenters. The Kier molecular flexibility index (Phi) is 4.09. The van der Waals surface area contributed by atoms with Gasteiger partial charge < -0.3 is 16.4 Å². The van der Waals surface area contributed by atoms with Crippen molar-refractivity contribution in [1.82, 2.24) is 9.97 Å². The number of carbonyl (C=O) groups excluding carboxylic acids is 1. The maximum Gasteiger partial charge on any atom is 0.225 e. The molecule has 18 heavy (non-hydrogen) atoms. The van der Waals surface area contributed by atoms with Gasteiger partial charge in [-0.05, 0) is 24.8 Å². The highest BCUT2D eigenvalue weighted by Crippen LogP contribution is 2.22. The van der Waals surface area contributed by atoms with Crippen molar-refractivity contribution >= 4 is 11.9 Å². The van der Waals surface area contributed by atoms with Crippen molar-refractivity contribution in [1.29, 1.82) is 0 Å². The Bertz CT molecular complexity index is 415. The number of piperidine rings is 1. The zero-order valence-corrected chi connectivity index (χ0v) is 10.4. The van der Waals surface area contributed by atoms with E-state index in [2.05, 4.69) is 14.9 Å². The van der Waals surface area contributed by atoms with Crippen molar-refractivity contribution < 1.29 is 4.79 Å². The lowest BCUT2D eigenvalue weighted by Crippen LogP contribution is -2.36. The molecule has 2 heterocycles. The summed E-state index contributed by atoms with van der Waals surface area (Å²) in [6, 6.07) is 1.82. The van der Waals surface area contributed by atoms with Crippen LogP contribution in [0.4, 0.5) is 5.95 Å². The van der Waals surface area contributed by atoms with Crippen LogP contribution in [-0.2, 0) is 11.3 Å². The van der Waals surface area contributed by atoms with E-state index in [1.165, 1.54) is 0 Å². The van der Waals surface area contributed by atoms with Gasteiger partial charge in [0.05, 0.1) is 5.69 Å². The van der Waals surface area contributed by atoms with Crippen LogP contribution in [0, 0.1) is 5.92 Å². The summed E-state index contributed by atoms with van der Waals surface area (Å²) in [6.45, 7) is 2.16. The molecule has 1 fully saturated rings. The van der Waals surface area contributed by atoms with Crippen molar-refractivity contribution in [2.45, 2.75) is 25.8 Å². The maximum atomic E-state index is 10.9. The van der Waals surface area contributed by atoms with Gasteiger partial charge in [-0.1, -0.05) is 0 Å². The maximum absolute atomic E-state index is 10.9. The standard InChI is InChI=1S/C12H19N5O/c13-8-10-1-4-15-12(16-10)17-5-2-9(3-6-17)7-11(14)18/h1,4,9H,2-3,5-8,13H2,(H2,14,18). The van der Waals surface area contributed by atoms with E-state index >= 15 is 0 Å². The molecule has 0 atom stereocenters. The summed E-state index contributed by atoms with van der Waals surface area (Å²) in [5.74, 6) is 0.918. The number of carbonyl (C=O) groups is 1. The Balaban J connectivity index is 1.94. The third-order valence-electron chi connectivity index (χ3n) is 3.30. The summed E-state index contributed by atoms with van der Waals surface area (Å²) in [5.41, 5.74) is 11.6. The predicted molar refractivity (Wildman–Crippen MR) is 68.7 cm³/mol. The molecule has 1 aromatic rings. The van der Waals surface area contributed by atoms with Gasteiger partial charge in [-0.2, -0.15) is 0 Å². The van der Waals surface area contributed by atoms with Gasteiger partial charge in [0.1, 0.15) is 0 Å². The molecule has 0 aliphatic carbocycles. The number of aromatic nitrogens is 2. The van der Waals surface area contributed by atoms with Crippen LogP contribution in [0.5, 0.6) is 0 Å². The highest BCUT2D eigenvalue weighted by molar-refractivity contribution is 5.74. The van der Waals surface area contributed by atoms with Gasteiger partial charge in [0, 0.05) is 32.3 Å². The topological polar surface area (TPSA) is 98.1 Å². The van der Waals surface area contributed by atoms with Crippen molar-refractivity contribution in [2.24, 2.45) is 17.4 Å². The third-order valence-corrected chi connectivity index (χ3v) is 3.30. The fraction of sp³-hybridized carbons (Fsp3) is 0.583. The normalized spacial score (nSPS) is 16.8. The molecule has 0 radical (unpaired) electrons. The van der Waals surface area contributed by atoms with Gasteiger partial charge >= 0.3 is 0 Å². The second-order valence-electron chi connectivity index (χ2n) is 4.65. The second kappa shape index (κ2) is 5.77. The predicted octanol–water partition coefficient (Wildman–Crippen LogP) is 0.0271. The molecule has 98 valence electrons. The summed E-state index contributed by atoms with van der Waals surface area (Å²) >= 11 is 0. The quantitative estimate of drug-likeness (QED) is 0.784. The molecular formula is C12H19N5O. The van der Waals surface area contributed by atoms with Crippen LogP contribution in [0.25, 0.3) is 0 Å². The number of nitrogens with zero attached hydrogens (tertiary/aromatic N) is 3. The summed E-state index contributed by atoms with van der Waals surface area (Å²) in [7, 11) is 0. The van der Waals surface area contributed by atoms with Crippen LogP contribution in [-0.4, -0.2) is 29.0 Å². The minimum Gasteiger partial charge on any atom is -0.370 e. The number of primary amides is 1. The minimum absolute atomic E-state index is 0.213. The van der Waals surface area contributed by atoms with Crippen LogP contribution in [0.3, 0.4) is 0 Å². The molecule has 0 aromatic carbocycles. The van der Waals surface area contributed by atoms with Crippen LogP contribution in [0.15, 0.2) is 12.3 Å². The molecule has 0 bridgehead atoms. The molecule has 2 rings (SSSR count). The molecule has 1 saturated heterocycles. The van der Waals surface area contributed by atoms with Crippen molar-refractivity contribution in [3.8, 4) is 0 Å². The third kappa shape index (κ3) is 3.16.